The van der Waals surface area contributed by atoms with Crippen molar-refractivity contribution in [3.63, 3.8) is 0 Å². The quantitative estimate of drug-likeness (QED) is 0.725. The number of hydrogen-bond acceptors (Lipinski definition) is 2. The van der Waals surface area contributed by atoms with Crippen LogP contribution in [0.3, 0.4) is 0 Å². The van der Waals surface area contributed by atoms with Gasteiger partial charge >= 0.3 is 0 Å². The first-order valence-electron chi connectivity index (χ1n) is 7.41. The summed E-state index contributed by atoms with van der Waals surface area (Å²) in [6.07, 6.45) is 0. The maximum atomic E-state index is 13.9. The number of hydrogen-bond donors (Lipinski definition) is 0. The zero-order chi connectivity index (χ0) is 17.1. The molecule has 0 N–H and O–H groups in total. The van der Waals surface area contributed by atoms with Gasteiger partial charge in [0.05, 0.1) is 0 Å². The van der Waals surface area contributed by atoms with Crippen LogP contribution >= 0.6 is 0 Å². The number of aryl methyl sites for hydroxylation is 1. The maximum Gasteiger partial charge on any atom is 0.259 e. The van der Waals surface area contributed by atoms with Crippen molar-refractivity contribution in [3.05, 3.63) is 93.9 Å². The van der Waals surface area contributed by atoms with E-state index in [-0.39, 0.29) is 5.69 Å². The van der Waals surface area contributed by atoms with Gasteiger partial charge in [0.15, 0.2) is 0 Å². The lowest BCUT2D eigenvalue weighted by molar-refractivity contribution is 0.305. The first kappa shape index (κ1) is 15.9. The van der Waals surface area contributed by atoms with Crippen molar-refractivity contribution < 1.29 is 13.5 Å². The van der Waals surface area contributed by atoms with Crippen molar-refractivity contribution in [3.8, 4) is 11.4 Å². The highest BCUT2D eigenvalue weighted by molar-refractivity contribution is 5.39. The van der Waals surface area contributed by atoms with Gasteiger partial charge < -0.3 is 4.74 Å². The normalized spacial score (nSPS) is 10.6. The Bertz CT molecular complexity index is 900. The van der Waals surface area contributed by atoms with Crippen molar-refractivity contribution >= 4 is 0 Å². The molecule has 0 unspecified atom stereocenters. The Hall–Kier alpha value is -2.95. The van der Waals surface area contributed by atoms with Crippen LogP contribution in [-0.4, -0.2) is 4.57 Å². The molecule has 3 rings (SSSR count). The van der Waals surface area contributed by atoms with E-state index >= 15 is 0 Å². The van der Waals surface area contributed by atoms with Gasteiger partial charge in [0.2, 0.25) is 0 Å². The van der Waals surface area contributed by atoms with E-state index in [2.05, 4.69) is 0 Å². The first-order valence-corrected chi connectivity index (χ1v) is 7.41. The van der Waals surface area contributed by atoms with Crippen molar-refractivity contribution in [2.24, 2.45) is 0 Å². The van der Waals surface area contributed by atoms with Gasteiger partial charge in [-0.1, -0.05) is 36.4 Å². The van der Waals surface area contributed by atoms with Crippen LogP contribution in [0.4, 0.5) is 8.78 Å². The number of halogens is 2. The molecule has 0 aliphatic rings. The minimum absolute atomic E-state index is 0.303. The molecule has 1 aromatic heterocycles. The molecule has 0 aliphatic heterocycles. The van der Waals surface area contributed by atoms with Crippen LogP contribution in [0.5, 0.6) is 5.75 Å². The molecule has 0 saturated carbocycles. The fourth-order valence-corrected chi connectivity index (χ4v) is 2.49. The summed E-state index contributed by atoms with van der Waals surface area (Å²) in [6, 6.07) is 15.8. The number of nitrogens with zero attached hydrogens (tertiary/aromatic N) is 1. The molecule has 3 nitrogen and oxygen atoms in total. The number of ether oxygens (including phenoxy) is 1. The topological polar surface area (TPSA) is 31.2 Å². The molecule has 0 spiro atoms. The number of rotatable bonds is 4. The van der Waals surface area contributed by atoms with Gasteiger partial charge in [-0.05, 0) is 24.6 Å². The van der Waals surface area contributed by atoms with E-state index in [0.29, 0.717) is 18.1 Å². The van der Waals surface area contributed by atoms with Gasteiger partial charge in [-0.25, -0.2) is 8.78 Å². The summed E-state index contributed by atoms with van der Waals surface area (Å²) >= 11 is 0. The van der Waals surface area contributed by atoms with Crippen LogP contribution in [0.15, 0.2) is 65.5 Å². The molecule has 0 fully saturated rings. The van der Waals surface area contributed by atoms with Crippen molar-refractivity contribution in [1.29, 1.82) is 0 Å². The summed E-state index contributed by atoms with van der Waals surface area (Å²) in [5.74, 6) is -1.23. The lowest BCUT2D eigenvalue weighted by atomic mass is 10.2. The average Bonchev–Trinajstić information content (AvgIpc) is 2.56. The number of aromatic nitrogens is 1. The fourth-order valence-electron chi connectivity index (χ4n) is 2.49. The summed E-state index contributed by atoms with van der Waals surface area (Å²) in [6.45, 7) is 1.90. The van der Waals surface area contributed by atoms with Crippen LogP contribution in [0.25, 0.3) is 5.69 Å². The van der Waals surface area contributed by atoms with Crippen molar-refractivity contribution in [1.82, 2.24) is 4.57 Å². The third-order valence-electron chi connectivity index (χ3n) is 3.60. The van der Waals surface area contributed by atoms with E-state index in [1.54, 1.807) is 13.0 Å². The molecule has 0 aliphatic carbocycles. The number of benzene rings is 2. The zero-order valence-corrected chi connectivity index (χ0v) is 13.0. The van der Waals surface area contributed by atoms with Gasteiger partial charge in [0.1, 0.15) is 29.7 Å². The standard InChI is InChI=1S/C19H15F2NO2/c1-13-10-15(24-12-14-6-3-2-4-7-14)11-18(23)22(13)19-16(20)8-5-9-17(19)21/h2-11H,12H2,1H3. The molecule has 0 saturated heterocycles. The van der Waals surface area contributed by atoms with Gasteiger partial charge in [-0.3, -0.25) is 9.36 Å². The third-order valence-corrected chi connectivity index (χ3v) is 3.60. The summed E-state index contributed by atoms with van der Waals surface area (Å²) < 4.78 is 34.5. The molecular weight excluding hydrogens is 312 g/mol. The summed E-state index contributed by atoms with van der Waals surface area (Å²) in [5.41, 5.74) is 0.408. The molecule has 2 aromatic carbocycles. The van der Waals surface area contributed by atoms with Gasteiger partial charge in [-0.2, -0.15) is 0 Å². The minimum atomic E-state index is -0.793. The van der Waals surface area contributed by atoms with Gasteiger partial charge in [-0.15, -0.1) is 0 Å². The molecule has 24 heavy (non-hydrogen) atoms. The number of pyridine rings is 1. The Morgan fingerprint density at radius 1 is 0.958 bits per heavy atom. The molecule has 0 atom stereocenters. The predicted octanol–water partition coefficient (Wildman–Crippen LogP) is 4.00. The van der Waals surface area contributed by atoms with E-state index in [4.69, 9.17) is 4.74 Å². The second kappa shape index (κ2) is 6.66. The van der Waals surface area contributed by atoms with E-state index in [9.17, 15) is 13.6 Å². The van der Waals surface area contributed by atoms with Crippen LogP contribution in [0, 0.1) is 18.6 Å². The lowest BCUT2D eigenvalue weighted by Gasteiger charge is -2.14. The van der Waals surface area contributed by atoms with E-state index in [1.807, 2.05) is 30.3 Å². The third kappa shape index (κ3) is 3.20. The molecule has 122 valence electrons. The van der Waals surface area contributed by atoms with Crippen LogP contribution in [0.1, 0.15) is 11.3 Å². The van der Waals surface area contributed by atoms with Crippen molar-refractivity contribution in [2.45, 2.75) is 13.5 Å². The first-order chi connectivity index (χ1) is 11.6. The molecule has 0 bridgehead atoms. The highest BCUT2D eigenvalue weighted by atomic mass is 19.1. The molecule has 0 amide bonds. The number of para-hydroxylation sites is 1. The second-order valence-electron chi connectivity index (χ2n) is 5.35. The molecule has 5 heteroatoms. The Morgan fingerprint density at radius 3 is 2.25 bits per heavy atom. The van der Waals surface area contributed by atoms with Crippen LogP contribution in [-0.2, 0) is 6.61 Å². The van der Waals surface area contributed by atoms with Gasteiger partial charge in [0, 0.05) is 17.8 Å². The summed E-state index contributed by atoms with van der Waals surface area (Å²) in [7, 11) is 0. The van der Waals surface area contributed by atoms with E-state index < -0.39 is 17.2 Å². The summed E-state index contributed by atoms with van der Waals surface area (Å²) in [4.78, 5) is 12.3. The van der Waals surface area contributed by atoms with Gasteiger partial charge in [0.25, 0.3) is 5.56 Å². The van der Waals surface area contributed by atoms with E-state index in [0.717, 1.165) is 22.3 Å². The maximum absolute atomic E-state index is 13.9. The predicted molar refractivity (Wildman–Crippen MR) is 87.5 cm³/mol. The Kier molecular flexibility index (Phi) is 4.42. The highest BCUT2D eigenvalue weighted by Crippen LogP contribution is 2.20. The van der Waals surface area contributed by atoms with E-state index in [1.165, 1.54) is 12.1 Å². The smallest absolute Gasteiger partial charge is 0.259 e. The van der Waals surface area contributed by atoms with Crippen LogP contribution in [0.2, 0.25) is 0 Å². The second-order valence-corrected chi connectivity index (χ2v) is 5.35. The average molecular weight is 327 g/mol. The van der Waals surface area contributed by atoms with Crippen molar-refractivity contribution in [2.75, 3.05) is 0 Å². The SMILES string of the molecule is Cc1cc(OCc2ccccc2)cc(=O)n1-c1c(F)cccc1F. The lowest BCUT2D eigenvalue weighted by Crippen LogP contribution is -2.22. The Balaban J connectivity index is 1.94. The molecule has 0 radical (unpaired) electrons. The Labute approximate surface area is 137 Å². The minimum Gasteiger partial charge on any atom is -0.489 e. The molecular formula is C19H15F2NO2. The monoisotopic (exact) mass is 327 g/mol. The largest absolute Gasteiger partial charge is 0.489 e. The Morgan fingerprint density at radius 2 is 1.62 bits per heavy atom. The fraction of sp³-hybridized carbons (Fsp3) is 0.105. The molecule has 3 aromatic rings. The zero-order valence-electron chi connectivity index (χ0n) is 13.0. The molecule has 1 heterocycles. The highest BCUT2D eigenvalue weighted by Gasteiger charge is 2.15. The summed E-state index contributed by atoms with van der Waals surface area (Å²) in [5, 5.41) is 0. The van der Waals surface area contributed by atoms with Crippen LogP contribution < -0.4 is 10.3 Å².